The van der Waals surface area contributed by atoms with Gasteiger partial charge in [-0.25, -0.2) is 19.7 Å². The molecule has 2 aromatic carbocycles. The van der Waals surface area contributed by atoms with Crippen molar-refractivity contribution in [1.29, 1.82) is 5.26 Å². The van der Waals surface area contributed by atoms with Gasteiger partial charge in [0, 0.05) is 43.0 Å². The van der Waals surface area contributed by atoms with Crippen LogP contribution in [0.15, 0.2) is 94.5 Å². The van der Waals surface area contributed by atoms with Gasteiger partial charge in [-0.3, -0.25) is 4.90 Å². The molecule has 0 radical (unpaired) electrons. The number of pyridine rings is 1. The maximum Gasteiger partial charge on any atom is 0.345 e. The van der Waals surface area contributed by atoms with Gasteiger partial charge in [0.2, 0.25) is 5.82 Å². The Bertz CT molecular complexity index is 1700. The van der Waals surface area contributed by atoms with Crippen molar-refractivity contribution in [2.24, 2.45) is 0 Å². The Morgan fingerprint density at radius 1 is 0.974 bits per heavy atom. The van der Waals surface area contributed by atoms with E-state index in [-0.39, 0.29) is 11.4 Å². The fraction of sp³-hybridized carbons (Fsp3) is 0.194. The van der Waals surface area contributed by atoms with Crippen LogP contribution >= 0.6 is 0 Å². The molecular formula is C31H26N6O2. The normalized spacial score (nSPS) is 14.2. The van der Waals surface area contributed by atoms with Gasteiger partial charge in [0.25, 0.3) is 0 Å². The number of piperidine rings is 1. The smallest absolute Gasteiger partial charge is 0.345 e. The van der Waals surface area contributed by atoms with E-state index >= 15 is 0 Å². The number of nitrogens with zero attached hydrogens (tertiary/aromatic N) is 5. The first-order chi connectivity index (χ1) is 19.2. The molecule has 39 heavy (non-hydrogen) atoms. The summed E-state index contributed by atoms with van der Waals surface area (Å²) in [6.07, 6.45) is 5.00. The summed E-state index contributed by atoms with van der Waals surface area (Å²) >= 11 is 0. The van der Waals surface area contributed by atoms with Crippen LogP contribution < -0.4 is 10.9 Å². The minimum absolute atomic E-state index is 0.182. The third-order valence-corrected chi connectivity index (χ3v) is 7.09. The van der Waals surface area contributed by atoms with Gasteiger partial charge in [-0.05, 0) is 42.2 Å². The first-order valence-electron chi connectivity index (χ1n) is 13.0. The number of likely N-dealkylation sites (tertiary alicyclic amines) is 1. The average molecular weight is 515 g/mol. The summed E-state index contributed by atoms with van der Waals surface area (Å²) < 4.78 is 5.09. The lowest BCUT2D eigenvalue weighted by Crippen LogP contribution is -2.38. The molecule has 1 saturated heterocycles. The van der Waals surface area contributed by atoms with Gasteiger partial charge < -0.3 is 9.73 Å². The molecule has 6 rings (SSSR count). The van der Waals surface area contributed by atoms with E-state index in [9.17, 15) is 4.79 Å². The van der Waals surface area contributed by atoms with E-state index < -0.39 is 0 Å². The number of rotatable bonds is 6. The Kier molecular flexibility index (Phi) is 6.81. The molecule has 0 aliphatic carbocycles. The van der Waals surface area contributed by atoms with Crippen LogP contribution in [-0.4, -0.2) is 39.0 Å². The molecule has 5 aromatic rings. The molecular weight excluding hydrogens is 488 g/mol. The van der Waals surface area contributed by atoms with Crippen molar-refractivity contribution in [3.05, 3.63) is 107 Å². The van der Waals surface area contributed by atoms with E-state index in [1.54, 1.807) is 18.3 Å². The van der Waals surface area contributed by atoms with Crippen molar-refractivity contribution in [1.82, 2.24) is 19.9 Å². The first-order valence-corrected chi connectivity index (χ1v) is 13.0. The molecule has 0 spiro atoms. The van der Waals surface area contributed by atoms with Crippen LogP contribution in [0.1, 0.15) is 24.2 Å². The van der Waals surface area contributed by atoms with Gasteiger partial charge in [0.05, 0.1) is 22.9 Å². The number of hydrogen-bond donors (Lipinski definition) is 1. The minimum atomic E-state index is -0.387. The Morgan fingerprint density at radius 3 is 2.54 bits per heavy atom. The predicted molar refractivity (Wildman–Crippen MR) is 150 cm³/mol. The highest BCUT2D eigenvalue weighted by Crippen LogP contribution is 2.33. The Morgan fingerprint density at radius 2 is 1.77 bits per heavy atom. The summed E-state index contributed by atoms with van der Waals surface area (Å²) in [6, 6.07) is 26.2. The summed E-state index contributed by atoms with van der Waals surface area (Å²) in [7, 11) is 0. The van der Waals surface area contributed by atoms with E-state index in [2.05, 4.69) is 44.5 Å². The maximum absolute atomic E-state index is 12.3. The summed E-state index contributed by atoms with van der Waals surface area (Å²) in [5.41, 5.74) is 5.20. The van der Waals surface area contributed by atoms with Gasteiger partial charge in [-0.2, -0.15) is 5.26 Å². The van der Waals surface area contributed by atoms with Crippen LogP contribution in [0, 0.1) is 11.3 Å². The van der Waals surface area contributed by atoms with Crippen LogP contribution in [0.5, 0.6) is 0 Å². The van der Waals surface area contributed by atoms with Crippen LogP contribution in [-0.2, 0) is 6.54 Å². The molecule has 1 N–H and O–H groups in total. The van der Waals surface area contributed by atoms with Gasteiger partial charge in [0.15, 0.2) is 0 Å². The minimum Gasteiger partial charge on any atom is -0.431 e. The van der Waals surface area contributed by atoms with Crippen LogP contribution in [0.3, 0.4) is 0 Å². The third kappa shape index (κ3) is 5.40. The molecule has 0 amide bonds. The standard InChI is InChI=1S/C31H26N6O2/c32-19-29-33-14-10-28(36-29)34-24-11-15-37(16-12-24)20-21-6-8-23(9-7-21)30-25(22-4-2-1-3-5-22)18-26-27(35-30)13-17-39-31(26)38/h1-10,13-14,17-18,24H,11-12,15-16,20H2,(H,33,34,36). The molecule has 0 bridgehead atoms. The number of hydrogen-bond acceptors (Lipinski definition) is 8. The van der Waals surface area contributed by atoms with E-state index in [4.69, 9.17) is 14.7 Å². The maximum atomic E-state index is 12.3. The van der Waals surface area contributed by atoms with Crippen molar-refractivity contribution >= 4 is 16.7 Å². The average Bonchev–Trinajstić information content (AvgIpc) is 2.99. The number of benzene rings is 2. The quantitative estimate of drug-likeness (QED) is 0.327. The largest absolute Gasteiger partial charge is 0.431 e. The van der Waals surface area contributed by atoms with E-state index in [1.807, 2.05) is 42.5 Å². The van der Waals surface area contributed by atoms with Crippen molar-refractivity contribution in [3.8, 4) is 28.5 Å². The first kappa shape index (κ1) is 24.5. The fourth-order valence-electron chi connectivity index (χ4n) is 5.06. The molecule has 0 saturated carbocycles. The number of aromatic nitrogens is 3. The lowest BCUT2D eigenvalue weighted by atomic mass is 9.97. The molecule has 1 aliphatic rings. The van der Waals surface area contributed by atoms with Crippen molar-refractivity contribution in [3.63, 3.8) is 0 Å². The highest BCUT2D eigenvalue weighted by molar-refractivity contribution is 5.90. The lowest BCUT2D eigenvalue weighted by Gasteiger charge is -2.32. The summed E-state index contributed by atoms with van der Waals surface area (Å²) in [6.45, 7) is 2.82. The Hall–Kier alpha value is -4.87. The van der Waals surface area contributed by atoms with Gasteiger partial charge in [-0.1, -0.05) is 54.6 Å². The third-order valence-electron chi connectivity index (χ3n) is 7.09. The van der Waals surface area contributed by atoms with Gasteiger partial charge in [0.1, 0.15) is 11.9 Å². The van der Waals surface area contributed by atoms with Gasteiger partial charge >= 0.3 is 5.63 Å². The zero-order chi connectivity index (χ0) is 26.6. The molecule has 0 atom stereocenters. The second-order valence-electron chi connectivity index (χ2n) is 9.66. The molecule has 1 fully saturated rings. The molecule has 4 heterocycles. The second-order valence-corrected chi connectivity index (χ2v) is 9.66. The molecule has 1 aliphatic heterocycles. The summed E-state index contributed by atoms with van der Waals surface area (Å²) in [4.78, 5) is 27.8. The van der Waals surface area contributed by atoms with E-state index in [0.29, 0.717) is 22.8 Å². The van der Waals surface area contributed by atoms with Gasteiger partial charge in [-0.15, -0.1) is 0 Å². The monoisotopic (exact) mass is 514 g/mol. The summed E-state index contributed by atoms with van der Waals surface area (Å²) in [5, 5.41) is 12.9. The number of nitrogens with one attached hydrogen (secondary N) is 1. The molecule has 3 aromatic heterocycles. The molecule has 192 valence electrons. The van der Waals surface area contributed by atoms with Crippen molar-refractivity contribution in [2.45, 2.75) is 25.4 Å². The lowest BCUT2D eigenvalue weighted by molar-refractivity contribution is 0.211. The fourth-order valence-corrected chi connectivity index (χ4v) is 5.06. The van der Waals surface area contributed by atoms with E-state index in [1.165, 1.54) is 11.8 Å². The van der Waals surface area contributed by atoms with Crippen molar-refractivity contribution in [2.75, 3.05) is 18.4 Å². The van der Waals surface area contributed by atoms with Crippen LogP contribution in [0.2, 0.25) is 0 Å². The highest BCUT2D eigenvalue weighted by Gasteiger charge is 2.20. The zero-order valence-electron chi connectivity index (χ0n) is 21.2. The Labute approximate surface area is 225 Å². The van der Waals surface area contributed by atoms with Crippen LogP contribution in [0.25, 0.3) is 33.3 Å². The number of fused-ring (bicyclic) bond motifs is 1. The van der Waals surface area contributed by atoms with Crippen LogP contribution in [0.4, 0.5) is 5.82 Å². The summed E-state index contributed by atoms with van der Waals surface area (Å²) in [5.74, 6) is 0.884. The van der Waals surface area contributed by atoms with Crippen molar-refractivity contribution < 1.29 is 4.42 Å². The highest BCUT2D eigenvalue weighted by atomic mass is 16.4. The Balaban J connectivity index is 1.17. The second kappa shape index (κ2) is 10.9. The number of anilines is 1. The molecule has 8 heteroatoms. The molecule has 0 unspecified atom stereocenters. The molecule has 8 nitrogen and oxygen atoms in total. The van der Waals surface area contributed by atoms with E-state index in [0.717, 1.165) is 54.9 Å². The predicted octanol–water partition coefficient (Wildman–Crippen LogP) is 5.26. The number of nitriles is 1. The zero-order valence-corrected chi connectivity index (χ0v) is 21.2. The SMILES string of the molecule is N#Cc1nccc(NC2CCN(Cc3ccc(-c4nc5ccoc(=O)c5cc4-c4ccccc4)cc3)CC2)n1. The topological polar surface area (TPSA) is 108 Å².